The van der Waals surface area contributed by atoms with Gasteiger partial charge in [-0.15, -0.1) is 11.3 Å². The van der Waals surface area contributed by atoms with Crippen LogP contribution in [0.4, 0.5) is 24.9 Å². The lowest BCUT2D eigenvalue weighted by Gasteiger charge is -2.18. The van der Waals surface area contributed by atoms with Gasteiger partial charge in [0.15, 0.2) is 0 Å². The Balaban J connectivity index is 1.75. The molecule has 1 aliphatic rings. The number of rotatable bonds is 7. The van der Waals surface area contributed by atoms with Crippen molar-refractivity contribution in [3.8, 4) is 16.3 Å². The summed E-state index contributed by atoms with van der Waals surface area (Å²) in [6.45, 7) is 0.271. The van der Waals surface area contributed by atoms with E-state index in [2.05, 4.69) is 20.6 Å². The Hall–Kier alpha value is -2.70. The number of fused-ring (bicyclic) bond motifs is 1. The highest BCUT2D eigenvalue weighted by Gasteiger charge is 2.34. The smallest absolute Gasteiger partial charge is 0.405 e. The number of para-hydroxylation sites is 1. The number of benzene rings is 1. The van der Waals surface area contributed by atoms with Crippen molar-refractivity contribution in [1.82, 2.24) is 15.0 Å². The first kappa shape index (κ1) is 23.5. The largest absolute Gasteiger partial charge is 0.494 e. The van der Waals surface area contributed by atoms with Crippen molar-refractivity contribution in [3.63, 3.8) is 0 Å². The molecule has 2 aromatic heterocycles. The Morgan fingerprint density at radius 3 is 2.67 bits per heavy atom. The molecule has 1 saturated carbocycles. The van der Waals surface area contributed by atoms with Crippen molar-refractivity contribution < 1.29 is 28.1 Å². The zero-order valence-corrected chi connectivity index (χ0v) is 18.8. The van der Waals surface area contributed by atoms with Gasteiger partial charge in [0.2, 0.25) is 5.95 Å². The number of methoxy groups -OCH3 is 1. The summed E-state index contributed by atoms with van der Waals surface area (Å²) < 4.78 is 44.4. The van der Waals surface area contributed by atoms with Gasteiger partial charge in [0, 0.05) is 18.6 Å². The first-order valence-electron chi connectivity index (χ1n) is 10.4. The maximum atomic E-state index is 12.7. The van der Waals surface area contributed by atoms with E-state index in [1.807, 2.05) is 12.1 Å². The summed E-state index contributed by atoms with van der Waals surface area (Å²) >= 11 is 1.39. The lowest BCUT2D eigenvalue weighted by atomic mass is 10.1. The number of thiazole rings is 1. The van der Waals surface area contributed by atoms with E-state index in [-0.39, 0.29) is 24.5 Å². The zero-order chi connectivity index (χ0) is 23.8. The molecular weight excluding hydrogens is 459 g/mol. The summed E-state index contributed by atoms with van der Waals surface area (Å²) in [7, 11) is 1.55. The molecule has 0 amide bonds. The quantitative estimate of drug-likeness (QED) is 0.403. The van der Waals surface area contributed by atoms with Crippen LogP contribution in [0.25, 0.3) is 20.8 Å². The van der Waals surface area contributed by atoms with E-state index in [0.717, 1.165) is 4.70 Å². The number of halogens is 3. The molecule has 0 bridgehead atoms. The van der Waals surface area contributed by atoms with Gasteiger partial charge in [-0.1, -0.05) is 6.07 Å². The Kier molecular flexibility index (Phi) is 6.59. The minimum absolute atomic E-state index is 0.148. The summed E-state index contributed by atoms with van der Waals surface area (Å²) in [6, 6.07) is 5.34. The monoisotopic (exact) mass is 483 g/mol. The average Bonchev–Trinajstić information content (AvgIpc) is 3.33. The molecule has 1 aromatic carbocycles. The molecule has 0 radical (unpaired) electrons. The number of nitrogens with zero attached hydrogens (tertiary/aromatic N) is 3. The fourth-order valence-electron chi connectivity index (χ4n) is 4.00. The van der Waals surface area contributed by atoms with Gasteiger partial charge in [0.25, 0.3) is 0 Å². The van der Waals surface area contributed by atoms with E-state index in [9.17, 15) is 23.4 Å². The molecule has 4 N–H and O–H groups in total. The third kappa shape index (κ3) is 5.12. The normalized spacial score (nSPS) is 20.9. The van der Waals surface area contributed by atoms with Crippen LogP contribution in [0.5, 0.6) is 5.75 Å². The molecule has 2 heterocycles. The number of aromatic nitrogens is 3. The zero-order valence-electron chi connectivity index (χ0n) is 18.0. The molecule has 3 atom stereocenters. The van der Waals surface area contributed by atoms with Crippen molar-refractivity contribution in [3.05, 3.63) is 23.9 Å². The number of ether oxygens (including phenoxy) is 1. The van der Waals surface area contributed by atoms with Crippen LogP contribution in [0.2, 0.25) is 0 Å². The number of alkyl halides is 3. The Morgan fingerprint density at radius 2 is 2.00 bits per heavy atom. The molecule has 1 fully saturated rings. The number of hydrogen-bond acceptors (Lipinski definition) is 9. The maximum absolute atomic E-state index is 12.7. The Bertz CT molecular complexity index is 1140. The molecule has 0 aliphatic heterocycles. The highest BCUT2D eigenvalue weighted by molar-refractivity contribution is 7.21. The van der Waals surface area contributed by atoms with Crippen molar-refractivity contribution in [2.45, 2.75) is 38.1 Å². The van der Waals surface area contributed by atoms with Gasteiger partial charge in [0.05, 0.1) is 29.2 Å². The van der Waals surface area contributed by atoms with Crippen LogP contribution in [0.15, 0.2) is 18.2 Å². The predicted molar refractivity (Wildman–Crippen MR) is 120 cm³/mol. The van der Waals surface area contributed by atoms with Crippen LogP contribution >= 0.6 is 11.3 Å². The first-order chi connectivity index (χ1) is 15.7. The highest BCUT2D eigenvalue weighted by Crippen LogP contribution is 2.40. The van der Waals surface area contributed by atoms with Gasteiger partial charge in [-0.25, -0.2) is 9.97 Å². The summed E-state index contributed by atoms with van der Waals surface area (Å²) in [5.41, 5.74) is 1.69. The molecule has 12 heteroatoms. The van der Waals surface area contributed by atoms with Gasteiger partial charge in [0.1, 0.15) is 28.6 Å². The van der Waals surface area contributed by atoms with Crippen LogP contribution in [0, 0.1) is 12.8 Å². The molecule has 178 valence electrons. The van der Waals surface area contributed by atoms with Crippen LogP contribution in [0.3, 0.4) is 0 Å². The number of nitrogens with one attached hydrogen (secondary N) is 2. The Morgan fingerprint density at radius 1 is 1.21 bits per heavy atom. The molecular formula is C21H24F3N5O3S. The molecule has 4 rings (SSSR count). The fourth-order valence-corrected chi connectivity index (χ4v) is 5.08. The summed E-state index contributed by atoms with van der Waals surface area (Å²) in [6.07, 6.45) is -4.21. The number of aliphatic hydroxyl groups is 2. The minimum atomic E-state index is -4.42. The van der Waals surface area contributed by atoms with Crippen molar-refractivity contribution in [1.29, 1.82) is 0 Å². The SMILES string of the molecule is COc1cccc2sc(-c3c(C)nc(NCC(F)(F)F)nc3N[C@@H]3C[C@H](CO)[C@@H](O)C3)nc12. The molecule has 3 aromatic rings. The molecule has 1 aliphatic carbocycles. The molecule has 8 nitrogen and oxygen atoms in total. The molecule has 0 saturated heterocycles. The van der Waals surface area contributed by atoms with E-state index < -0.39 is 18.8 Å². The van der Waals surface area contributed by atoms with E-state index in [1.165, 1.54) is 11.3 Å². The Labute approximate surface area is 191 Å². The van der Waals surface area contributed by atoms with Crippen molar-refractivity contribution in [2.75, 3.05) is 30.9 Å². The second kappa shape index (κ2) is 9.27. The van der Waals surface area contributed by atoms with E-state index >= 15 is 0 Å². The van der Waals surface area contributed by atoms with Gasteiger partial charge >= 0.3 is 6.18 Å². The number of anilines is 2. The second-order valence-electron chi connectivity index (χ2n) is 7.97. The van der Waals surface area contributed by atoms with Gasteiger partial charge in [-0.2, -0.15) is 18.2 Å². The first-order valence-corrected chi connectivity index (χ1v) is 11.2. The minimum Gasteiger partial charge on any atom is -0.494 e. The number of hydrogen-bond donors (Lipinski definition) is 4. The van der Waals surface area contributed by atoms with Gasteiger partial charge < -0.3 is 25.6 Å². The fraction of sp³-hybridized carbons (Fsp3) is 0.476. The van der Waals surface area contributed by atoms with Gasteiger partial charge in [-0.05, 0) is 31.9 Å². The second-order valence-corrected chi connectivity index (χ2v) is 9.00. The summed E-state index contributed by atoms with van der Waals surface area (Å²) in [5, 5.41) is 25.7. The average molecular weight is 484 g/mol. The van der Waals surface area contributed by atoms with E-state index in [0.29, 0.717) is 46.2 Å². The van der Waals surface area contributed by atoms with E-state index in [4.69, 9.17) is 9.72 Å². The molecule has 33 heavy (non-hydrogen) atoms. The highest BCUT2D eigenvalue weighted by atomic mass is 32.1. The maximum Gasteiger partial charge on any atom is 0.405 e. The lowest BCUT2D eigenvalue weighted by molar-refractivity contribution is -0.115. The number of aryl methyl sites for hydroxylation is 1. The lowest BCUT2D eigenvalue weighted by Crippen LogP contribution is -2.24. The van der Waals surface area contributed by atoms with Gasteiger partial charge in [-0.3, -0.25) is 0 Å². The van der Waals surface area contributed by atoms with Crippen molar-refractivity contribution >= 4 is 33.3 Å². The van der Waals surface area contributed by atoms with Crippen molar-refractivity contribution in [2.24, 2.45) is 5.92 Å². The van der Waals surface area contributed by atoms with Crippen LogP contribution in [-0.2, 0) is 0 Å². The van der Waals surface area contributed by atoms with Crippen LogP contribution in [0.1, 0.15) is 18.5 Å². The van der Waals surface area contributed by atoms with E-state index in [1.54, 1.807) is 20.1 Å². The van der Waals surface area contributed by atoms with Crippen LogP contribution < -0.4 is 15.4 Å². The summed E-state index contributed by atoms with van der Waals surface area (Å²) in [5.74, 6) is 0.493. The predicted octanol–water partition coefficient (Wildman–Crippen LogP) is 3.59. The number of aliphatic hydroxyl groups excluding tert-OH is 2. The standard InChI is InChI=1S/C21H24F3N5O3S/c1-10-16(19-28-17-14(32-2)4-3-5-15(17)33-19)18(27-12-6-11(8-30)13(31)7-12)29-20(26-10)25-9-21(22,23)24/h3-5,11-13,30-31H,6-9H2,1-2H3,(H2,25,26,27,29)/t11-,12-,13+/m1/s1. The third-order valence-corrected chi connectivity index (χ3v) is 6.62. The molecule has 0 spiro atoms. The summed E-state index contributed by atoms with van der Waals surface area (Å²) in [4.78, 5) is 13.2. The topological polar surface area (TPSA) is 112 Å². The third-order valence-electron chi connectivity index (χ3n) is 5.59. The molecule has 0 unspecified atom stereocenters. The van der Waals surface area contributed by atoms with Crippen LogP contribution in [-0.4, -0.2) is 63.7 Å².